The Balaban J connectivity index is 1.28. The van der Waals surface area contributed by atoms with Crippen molar-refractivity contribution in [1.29, 1.82) is 0 Å². The topological polar surface area (TPSA) is 81.8 Å². The van der Waals surface area contributed by atoms with Gasteiger partial charge in [0.2, 0.25) is 11.3 Å². The minimum Gasteiger partial charge on any atom is -0.356 e. The van der Waals surface area contributed by atoms with Gasteiger partial charge in [0, 0.05) is 30.7 Å². The van der Waals surface area contributed by atoms with Crippen molar-refractivity contribution in [2.75, 3.05) is 6.54 Å². The van der Waals surface area contributed by atoms with Gasteiger partial charge in [-0.1, -0.05) is 24.3 Å². The summed E-state index contributed by atoms with van der Waals surface area (Å²) in [6.45, 7) is 0.990. The highest BCUT2D eigenvalue weighted by molar-refractivity contribution is 5.79. The number of para-hydroxylation sites is 1. The van der Waals surface area contributed by atoms with Crippen molar-refractivity contribution in [2.45, 2.75) is 19.4 Å². The molecule has 2 aromatic carbocycles. The van der Waals surface area contributed by atoms with Gasteiger partial charge in [-0.15, -0.1) is 0 Å². The lowest BCUT2D eigenvalue weighted by atomic mass is 10.1. The Kier molecular flexibility index (Phi) is 5.47. The summed E-state index contributed by atoms with van der Waals surface area (Å²) in [4.78, 5) is 24.1. The molecule has 1 amide bonds. The zero-order valence-corrected chi connectivity index (χ0v) is 15.9. The Morgan fingerprint density at radius 2 is 1.83 bits per heavy atom. The van der Waals surface area contributed by atoms with E-state index in [9.17, 15) is 9.59 Å². The van der Waals surface area contributed by atoms with E-state index in [0.717, 1.165) is 23.2 Å². The third kappa shape index (κ3) is 4.40. The van der Waals surface area contributed by atoms with Crippen LogP contribution in [0, 0.1) is 0 Å². The van der Waals surface area contributed by atoms with Crippen LogP contribution in [-0.2, 0) is 17.8 Å². The maximum Gasteiger partial charge on any atom is 0.221 e. The van der Waals surface area contributed by atoms with E-state index in [1.807, 2.05) is 54.7 Å². The van der Waals surface area contributed by atoms with Gasteiger partial charge in [-0.25, -0.2) is 4.68 Å². The highest BCUT2D eigenvalue weighted by Crippen LogP contribution is 2.10. The van der Waals surface area contributed by atoms with Crippen molar-refractivity contribution >= 4 is 16.8 Å². The van der Waals surface area contributed by atoms with Crippen LogP contribution in [-0.4, -0.2) is 32.0 Å². The maximum atomic E-state index is 12.2. The SMILES string of the molecule is O=C(CCn1ncc(=O)c2ccccc21)NCCc1ccc(-n2cccn2)cc1. The van der Waals surface area contributed by atoms with E-state index >= 15 is 0 Å². The molecule has 0 spiro atoms. The number of rotatable bonds is 7. The first-order chi connectivity index (χ1) is 14.2. The zero-order valence-electron chi connectivity index (χ0n) is 15.9. The summed E-state index contributed by atoms with van der Waals surface area (Å²) < 4.78 is 3.50. The number of amides is 1. The maximum absolute atomic E-state index is 12.2. The third-order valence-electron chi connectivity index (χ3n) is 4.75. The van der Waals surface area contributed by atoms with Gasteiger partial charge in [-0.2, -0.15) is 10.2 Å². The van der Waals surface area contributed by atoms with Crippen LogP contribution >= 0.6 is 0 Å². The summed E-state index contributed by atoms with van der Waals surface area (Å²) in [5, 5.41) is 11.9. The number of carbonyl (C=O) groups excluding carboxylic acids is 1. The number of hydrogen-bond acceptors (Lipinski definition) is 4. The van der Waals surface area contributed by atoms with Gasteiger partial charge in [0.15, 0.2) is 0 Å². The van der Waals surface area contributed by atoms with Crippen LogP contribution in [0.25, 0.3) is 16.6 Å². The summed E-state index contributed by atoms with van der Waals surface area (Å²) in [7, 11) is 0. The lowest BCUT2D eigenvalue weighted by Crippen LogP contribution is -2.27. The van der Waals surface area contributed by atoms with Gasteiger partial charge in [0.1, 0.15) is 0 Å². The van der Waals surface area contributed by atoms with E-state index in [-0.39, 0.29) is 11.3 Å². The normalized spacial score (nSPS) is 10.9. The minimum atomic E-state index is -0.111. The average molecular weight is 387 g/mol. The molecule has 0 atom stereocenters. The van der Waals surface area contributed by atoms with Crippen LogP contribution in [0.3, 0.4) is 0 Å². The summed E-state index contributed by atoms with van der Waals surface area (Å²) in [6, 6.07) is 17.3. The van der Waals surface area contributed by atoms with Gasteiger partial charge >= 0.3 is 0 Å². The number of hydrogen-bond donors (Lipinski definition) is 1. The Labute approximate surface area is 167 Å². The molecule has 29 heavy (non-hydrogen) atoms. The Morgan fingerprint density at radius 3 is 2.62 bits per heavy atom. The van der Waals surface area contributed by atoms with Gasteiger partial charge in [0.25, 0.3) is 0 Å². The molecule has 0 aliphatic rings. The molecule has 0 bridgehead atoms. The average Bonchev–Trinajstić information content (AvgIpc) is 3.29. The van der Waals surface area contributed by atoms with Crippen molar-refractivity contribution in [3.8, 4) is 5.69 Å². The first kappa shape index (κ1) is 18.6. The Morgan fingerprint density at radius 1 is 1.00 bits per heavy atom. The minimum absolute atomic E-state index is 0.0391. The van der Waals surface area contributed by atoms with E-state index in [1.54, 1.807) is 21.6 Å². The number of nitrogens with one attached hydrogen (secondary N) is 1. The van der Waals surface area contributed by atoms with Crippen LogP contribution in [0.4, 0.5) is 0 Å². The molecule has 0 saturated carbocycles. The molecular weight excluding hydrogens is 366 g/mol. The standard InChI is InChI=1S/C22H21N5O2/c28-21-16-25-27(20-5-2-1-4-19(20)21)15-11-22(29)23-13-10-17-6-8-18(9-7-17)26-14-3-12-24-26/h1-9,12,14,16H,10-11,13,15H2,(H,23,29). The lowest BCUT2D eigenvalue weighted by molar-refractivity contribution is -0.121. The van der Waals surface area contributed by atoms with E-state index < -0.39 is 0 Å². The van der Waals surface area contributed by atoms with Gasteiger partial charge in [-0.3, -0.25) is 14.3 Å². The summed E-state index contributed by atoms with van der Waals surface area (Å²) >= 11 is 0. The molecule has 2 heterocycles. The number of aryl methyl sites for hydroxylation is 1. The van der Waals surface area contributed by atoms with Crippen molar-refractivity contribution in [3.63, 3.8) is 0 Å². The van der Waals surface area contributed by atoms with Crippen LogP contribution in [0.5, 0.6) is 0 Å². The predicted octanol–water partition coefficient (Wildman–Crippen LogP) is 2.33. The van der Waals surface area contributed by atoms with Crippen LogP contribution < -0.4 is 10.7 Å². The second kappa shape index (κ2) is 8.52. The van der Waals surface area contributed by atoms with Crippen LogP contribution in [0.2, 0.25) is 0 Å². The van der Waals surface area contributed by atoms with Crippen LogP contribution in [0.1, 0.15) is 12.0 Å². The highest BCUT2D eigenvalue weighted by atomic mass is 16.1. The molecule has 1 N–H and O–H groups in total. The van der Waals surface area contributed by atoms with Crippen molar-refractivity contribution in [1.82, 2.24) is 24.9 Å². The molecule has 7 nitrogen and oxygen atoms in total. The summed E-state index contributed by atoms with van der Waals surface area (Å²) in [6.07, 6.45) is 6.00. The smallest absolute Gasteiger partial charge is 0.221 e. The van der Waals surface area contributed by atoms with Crippen molar-refractivity contribution < 1.29 is 4.79 Å². The zero-order chi connectivity index (χ0) is 20.1. The molecule has 0 radical (unpaired) electrons. The number of fused-ring (bicyclic) bond motifs is 1. The predicted molar refractivity (Wildman–Crippen MR) is 111 cm³/mol. The molecule has 0 aliphatic heterocycles. The lowest BCUT2D eigenvalue weighted by Gasteiger charge is -2.10. The molecule has 146 valence electrons. The van der Waals surface area contributed by atoms with Gasteiger partial charge in [-0.05, 0) is 42.3 Å². The quantitative estimate of drug-likeness (QED) is 0.528. The second-order valence-corrected chi connectivity index (χ2v) is 6.72. The number of carbonyl (C=O) groups is 1. The molecule has 7 heteroatoms. The highest BCUT2D eigenvalue weighted by Gasteiger charge is 2.06. The van der Waals surface area contributed by atoms with E-state index in [4.69, 9.17) is 0 Å². The number of nitrogens with zero attached hydrogens (tertiary/aromatic N) is 4. The molecule has 0 fully saturated rings. The number of benzene rings is 2. The molecule has 2 aromatic heterocycles. The molecule has 4 aromatic rings. The second-order valence-electron chi connectivity index (χ2n) is 6.72. The first-order valence-electron chi connectivity index (χ1n) is 9.51. The van der Waals surface area contributed by atoms with E-state index in [2.05, 4.69) is 15.5 Å². The first-order valence-corrected chi connectivity index (χ1v) is 9.51. The van der Waals surface area contributed by atoms with Gasteiger partial charge in [0.05, 0.1) is 23.9 Å². The molecule has 0 aliphatic carbocycles. The van der Waals surface area contributed by atoms with Crippen molar-refractivity contribution in [2.24, 2.45) is 0 Å². The Hall–Kier alpha value is -3.74. The number of aromatic nitrogens is 4. The van der Waals surface area contributed by atoms with Crippen molar-refractivity contribution in [3.05, 3.63) is 89.0 Å². The fourth-order valence-corrected chi connectivity index (χ4v) is 3.22. The molecule has 0 saturated heterocycles. The van der Waals surface area contributed by atoms with Crippen LogP contribution in [0.15, 0.2) is 78.0 Å². The van der Waals surface area contributed by atoms with Gasteiger partial charge < -0.3 is 5.32 Å². The molecule has 0 unspecified atom stereocenters. The molecule has 4 rings (SSSR count). The van der Waals surface area contributed by atoms with E-state index in [0.29, 0.717) is 24.9 Å². The molecular formula is C22H21N5O2. The fourth-order valence-electron chi connectivity index (χ4n) is 3.22. The fraction of sp³-hybridized carbons (Fsp3) is 0.182. The third-order valence-corrected chi connectivity index (χ3v) is 4.75. The summed E-state index contributed by atoms with van der Waals surface area (Å²) in [5.41, 5.74) is 2.78. The van der Waals surface area contributed by atoms with E-state index in [1.165, 1.54) is 6.20 Å². The Bertz CT molecular complexity index is 1160. The summed E-state index contributed by atoms with van der Waals surface area (Å²) in [5.74, 6) is -0.0391. The largest absolute Gasteiger partial charge is 0.356 e. The monoisotopic (exact) mass is 387 g/mol.